The molecule has 1 aliphatic rings. The molecule has 0 aliphatic carbocycles. The highest BCUT2D eigenvalue weighted by atomic mass is 35.5. The van der Waals surface area contributed by atoms with E-state index >= 15 is 0 Å². The molecule has 2 aromatic rings. The molecule has 1 saturated heterocycles. The SMILES string of the molecule is COc1cc(C(=O)N2CCC(n3cc(Cl)cn3)C2)ccc1F. The Morgan fingerprint density at radius 3 is 3.00 bits per heavy atom. The normalized spacial score (nSPS) is 17.8. The lowest BCUT2D eigenvalue weighted by atomic mass is 10.2. The lowest BCUT2D eigenvalue weighted by Crippen LogP contribution is -2.29. The molecule has 0 N–H and O–H groups in total. The Balaban J connectivity index is 1.74. The van der Waals surface area contributed by atoms with Gasteiger partial charge in [0, 0.05) is 24.8 Å². The summed E-state index contributed by atoms with van der Waals surface area (Å²) in [7, 11) is 1.38. The zero-order valence-electron chi connectivity index (χ0n) is 12.0. The first-order valence-electron chi connectivity index (χ1n) is 6.91. The van der Waals surface area contributed by atoms with Gasteiger partial charge in [0.05, 0.1) is 24.4 Å². The maximum absolute atomic E-state index is 13.4. The van der Waals surface area contributed by atoms with Gasteiger partial charge in [0.2, 0.25) is 0 Å². The molecule has 0 bridgehead atoms. The molecular weight excluding hydrogens is 309 g/mol. The number of ether oxygens (including phenoxy) is 1. The Bertz CT molecular complexity index is 704. The molecular formula is C15H15ClFN3O2. The Labute approximate surface area is 132 Å². The number of benzene rings is 1. The fourth-order valence-corrected chi connectivity index (χ4v) is 2.78. The van der Waals surface area contributed by atoms with Gasteiger partial charge in [-0.1, -0.05) is 11.6 Å². The fraction of sp³-hybridized carbons (Fsp3) is 0.333. The Kier molecular flexibility index (Phi) is 4.02. The van der Waals surface area contributed by atoms with Gasteiger partial charge in [0.15, 0.2) is 11.6 Å². The quantitative estimate of drug-likeness (QED) is 0.872. The first-order chi connectivity index (χ1) is 10.6. The number of likely N-dealkylation sites (tertiary alicyclic amines) is 1. The maximum atomic E-state index is 13.4. The molecule has 0 radical (unpaired) electrons. The van der Waals surface area contributed by atoms with E-state index in [1.807, 2.05) is 0 Å². The molecule has 0 spiro atoms. The van der Waals surface area contributed by atoms with Gasteiger partial charge in [-0.2, -0.15) is 5.10 Å². The summed E-state index contributed by atoms with van der Waals surface area (Å²) < 4.78 is 20.1. The van der Waals surface area contributed by atoms with E-state index in [9.17, 15) is 9.18 Å². The van der Waals surface area contributed by atoms with Gasteiger partial charge in [-0.25, -0.2) is 4.39 Å². The van der Waals surface area contributed by atoms with Crippen LogP contribution in [0.1, 0.15) is 22.8 Å². The molecule has 1 aromatic carbocycles. The van der Waals surface area contributed by atoms with Crippen LogP contribution in [0, 0.1) is 5.82 Å². The lowest BCUT2D eigenvalue weighted by molar-refractivity contribution is 0.0786. The van der Waals surface area contributed by atoms with Gasteiger partial charge >= 0.3 is 0 Å². The largest absolute Gasteiger partial charge is 0.494 e. The number of carbonyl (C=O) groups is 1. The first kappa shape index (κ1) is 14.8. The first-order valence-corrected chi connectivity index (χ1v) is 7.28. The number of hydrogen-bond donors (Lipinski definition) is 0. The van der Waals surface area contributed by atoms with E-state index < -0.39 is 5.82 Å². The van der Waals surface area contributed by atoms with Gasteiger partial charge in [-0.3, -0.25) is 9.48 Å². The number of amides is 1. The number of methoxy groups -OCH3 is 1. The number of rotatable bonds is 3. The third kappa shape index (κ3) is 2.78. The van der Waals surface area contributed by atoms with E-state index in [0.717, 1.165) is 6.42 Å². The van der Waals surface area contributed by atoms with Crippen molar-refractivity contribution in [2.75, 3.05) is 20.2 Å². The van der Waals surface area contributed by atoms with Crippen molar-refractivity contribution in [3.63, 3.8) is 0 Å². The summed E-state index contributed by atoms with van der Waals surface area (Å²) in [6, 6.07) is 4.25. The average Bonchev–Trinajstić information content (AvgIpc) is 3.15. The summed E-state index contributed by atoms with van der Waals surface area (Å²) in [5, 5.41) is 4.76. The lowest BCUT2D eigenvalue weighted by Gasteiger charge is -2.17. The molecule has 0 saturated carbocycles. The van der Waals surface area contributed by atoms with Gasteiger partial charge < -0.3 is 9.64 Å². The van der Waals surface area contributed by atoms with E-state index in [4.69, 9.17) is 16.3 Å². The molecule has 1 amide bonds. The molecule has 1 fully saturated rings. The van der Waals surface area contributed by atoms with Crippen LogP contribution in [0.25, 0.3) is 0 Å². The van der Waals surface area contributed by atoms with Crippen LogP contribution < -0.4 is 4.74 Å². The van der Waals surface area contributed by atoms with Gasteiger partial charge in [0.25, 0.3) is 5.91 Å². The second-order valence-electron chi connectivity index (χ2n) is 5.18. The fourth-order valence-electron chi connectivity index (χ4n) is 2.63. The Morgan fingerprint density at radius 1 is 1.50 bits per heavy atom. The van der Waals surface area contributed by atoms with Crippen molar-refractivity contribution in [3.8, 4) is 5.75 Å². The van der Waals surface area contributed by atoms with Gasteiger partial charge in [-0.05, 0) is 24.6 Å². The van der Waals surface area contributed by atoms with Crippen molar-refractivity contribution in [2.45, 2.75) is 12.5 Å². The van der Waals surface area contributed by atoms with Crippen LogP contribution in [0.2, 0.25) is 5.02 Å². The van der Waals surface area contributed by atoms with E-state index in [-0.39, 0.29) is 17.7 Å². The zero-order chi connectivity index (χ0) is 15.7. The molecule has 3 rings (SSSR count). The highest BCUT2D eigenvalue weighted by molar-refractivity contribution is 6.30. The third-order valence-electron chi connectivity index (χ3n) is 3.79. The van der Waals surface area contributed by atoms with E-state index in [2.05, 4.69) is 5.10 Å². The van der Waals surface area contributed by atoms with Crippen LogP contribution in [0.15, 0.2) is 30.6 Å². The van der Waals surface area contributed by atoms with Crippen LogP contribution in [-0.4, -0.2) is 40.8 Å². The number of carbonyl (C=O) groups excluding carboxylic acids is 1. The molecule has 1 atom stereocenters. The van der Waals surface area contributed by atoms with Crippen molar-refractivity contribution in [3.05, 3.63) is 47.0 Å². The minimum Gasteiger partial charge on any atom is -0.494 e. The summed E-state index contributed by atoms with van der Waals surface area (Å²) in [5.41, 5.74) is 0.414. The zero-order valence-corrected chi connectivity index (χ0v) is 12.8. The Morgan fingerprint density at radius 2 is 2.32 bits per heavy atom. The molecule has 1 unspecified atom stereocenters. The second kappa shape index (κ2) is 5.96. The van der Waals surface area contributed by atoms with E-state index in [1.54, 1.807) is 22.0 Å². The van der Waals surface area contributed by atoms with Crippen molar-refractivity contribution in [1.82, 2.24) is 14.7 Å². The van der Waals surface area contributed by atoms with Crippen molar-refractivity contribution < 1.29 is 13.9 Å². The molecule has 5 nitrogen and oxygen atoms in total. The molecule has 7 heteroatoms. The summed E-state index contributed by atoms with van der Waals surface area (Å²) in [6.07, 6.45) is 4.14. The summed E-state index contributed by atoms with van der Waals surface area (Å²) in [4.78, 5) is 14.2. The predicted octanol–water partition coefficient (Wildman–Crippen LogP) is 2.77. The summed E-state index contributed by atoms with van der Waals surface area (Å²) >= 11 is 5.87. The molecule has 116 valence electrons. The number of halogens is 2. The second-order valence-corrected chi connectivity index (χ2v) is 5.62. The highest BCUT2D eigenvalue weighted by Crippen LogP contribution is 2.25. The number of hydrogen-bond acceptors (Lipinski definition) is 3. The minimum absolute atomic E-state index is 0.0699. The third-order valence-corrected chi connectivity index (χ3v) is 3.99. The van der Waals surface area contributed by atoms with Crippen molar-refractivity contribution in [2.24, 2.45) is 0 Å². The molecule has 1 aliphatic heterocycles. The van der Waals surface area contributed by atoms with Gasteiger partial charge in [0.1, 0.15) is 0 Å². The van der Waals surface area contributed by atoms with Crippen molar-refractivity contribution in [1.29, 1.82) is 0 Å². The molecule has 22 heavy (non-hydrogen) atoms. The topological polar surface area (TPSA) is 47.4 Å². The average molecular weight is 324 g/mol. The van der Waals surface area contributed by atoms with Gasteiger partial charge in [-0.15, -0.1) is 0 Å². The van der Waals surface area contributed by atoms with Crippen LogP contribution in [0.5, 0.6) is 5.75 Å². The van der Waals surface area contributed by atoms with E-state index in [0.29, 0.717) is 23.7 Å². The molecule has 2 heterocycles. The number of aromatic nitrogens is 2. The van der Waals surface area contributed by atoms with Crippen LogP contribution >= 0.6 is 11.6 Å². The maximum Gasteiger partial charge on any atom is 0.254 e. The smallest absolute Gasteiger partial charge is 0.254 e. The predicted molar refractivity (Wildman–Crippen MR) is 79.7 cm³/mol. The highest BCUT2D eigenvalue weighted by Gasteiger charge is 2.28. The van der Waals surface area contributed by atoms with Crippen molar-refractivity contribution >= 4 is 17.5 Å². The van der Waals surface area contributed by atoms with Crippen LogP contribution in [-0.2, 0) is 0 Å². The monoisotopic (exact) mass is 323 g/mol. The number of nitrogens with zero attached hydrogens (tertiary/aromatic N) is 3. The summed E-state index contributed by atoms with van der Waals surface area (Å²) in [5.74, 6) is -0.552. The summed E-state index contributed by atoms with van der Waals surface area (Å²) in [6.45, 7) is 1.18. The standard InChI is InChI=1S/C15H15ClFN3O2/c1-22-14-6-10(2-3-13(14)17)15(21)19-5-4-12(9-19)20-8-11(16)7-18-20/h2-3,6-8,12H,4-5,9H2,1H3. The molecule has 1 aromatic heterocycles. The van der Waals surface area contributed by atoms with Crippen LogP contribution in [0.4, 0.5) is 4.39 Å². The van der Waals surface area contributed by atoms with E-state index in [1.165, 1.54) is 25.3 Å². The van der Waals surface area contributed by atoms with Crippen LogP contribution in [0.3, 0.4) is 0 Å². The minimum atomic E-state index is -0.482. The Hall–Kier alpha value is -2.08.